The Kier molecular flexibility index (Phi) is 8.48. The first-order valence-corrected chi connectivity index (χ1v) is 9.69. The van der Waals surface area contributed by atoms with E-state index in [4.69, 9.17) is 26.2 Å². The fourth-order valence-electron chi connectivity index (χ4n) is 1.94. The van der Waals surface area contributed by atoms with E-state index < -0.39 is 24.4 Å². The zero-order valence-corrected chi connectivity index (χ0v) is 15.7. The molecule has 0 atom stereocenters. The lowest BCUT2D eigenvalue weighted by Crippen LogP contribution is -2.59. The molecule has 1 heterocycles. The molecule has 0 fully saturated rings. The molecule has 0 aliphatic carbocycles. The second kappa shape index (κ2) is 8.87. The highest BCUT2D eigenvalue weighted by molar-refractivity contribution is 7.86. The van der Waals surface area contributed by atoms with E-state index in [1.165, 1.54) is 5.69 Å². The Bertz CT molecular complexity index is 626. The summed E-state index contributed by atoms with van der Waals surface area (Å²) < 4.78 is 77.5. The lowest BCUT2D eigenvalue weighted by Gasteiger charge is -2.24. The minimum absolute atomic E-state index is 0.914. The average Bonchev–Trinajstić information content (AvgIpc) is 2.48. The predicted molar refractivity (Wildman–Crippen MR) is 79.2 cm³/mol. The molecule has 0 amide bonds. The number of aryl methyl sites for hydroxylation is 1. The van der Waals surface area contributed by atoms with Gasteiger partial charge in [-0.25, -0.2) is 13.0 Å². The van der Waals surface area contributed by atoms with Gasteiger partial charge in [-0.05, 0) is 6.07 Å². The number of alkyl halides is 3. The van der Waals surface area contributed by atoms with E-state index in [0.29, 0.717) is 0 Å². The third-order valence-corrected chi connectivity index (χ3v) is 6.36. The van der Waals surface area contributed by atoms with Gasteiger partial charge in [0.25, 0.3) is 0 Å². The Morgan fingerprint density at radius 2 is 1.62 bits per heavy atom. The van der Waals surface area contributed by atoms with Crippen LogP contribution in [0.3, 0.4) is 0 Å². The van der Waals surface area contributed by atoms with Gasteiger partial charge in [0.1, 0.15) is 7.05 Å². The Labute approximate surface area is 140 Å². The molecule has 0 N–H and O–H groups in total. The molecule has 0 saturated carbocycles. The third-order valence-electron chi connectivity index (χ3n) is 3.06. The number of hydrogen-bond donors (Lipinski definition) is 0. The summed E-state index contributed by atoms with van der Waals surface area (Å²) in [6.07, 6.45) is 2.93. The Morgan fingerprint density at radius 1 is 1.21 bits per heavy atom. The van der Waals surface area contributed by atoms with Crippen LogP contribution in [0.2, 0.25) is 0 Å². The zero-order valence-electron chi connectivity index (χ0n) is 13.9. The molecule has 0 saturated heterocycles. The van der Waals surface area contributed by atoms with Crippen LogP contribution in [-0.4, -0.2) is 48.6 Å². The molecule has 7 nitrogen and oxygen atoms in total. The second-order valence-electron chi connectivity index (χ2n) is 4.40. The smallest absolute Gasteiger partial charge is 0.542 e. The van der Waals surface area contributed by atoms with Gasteiger partial charge in [0.15, 0.2) is 22.0 Å². The Hall–Kier alpha value is -1.05. The van der Waals surface area contributed by atoms with Crippen molar-refractivity contribution in [3.63, 3.8) is 0 Å². The van der Waals surface area contributed by atoms with E-state index in [0.717, 1.165) is 11.6 Å². The van der Waals surface area contributed by atoms with E-state index in [-0.39, 0.29) is 0 Å². The first-order valence-electron chi connectivity index (χ1n) is 6.55. The Morgan fingerprint density at radius 3 is 1.92 bits per heavy atom. The molecule has 24 heavy (non-hydrogen) atoms. The molecule has 140 valence electrons. The van der Waals surface area contributed by atoms with Crippen molar-refractivity contribution in [2.75, 3.05) is 21.3 Å². The summed E-state index contributed by atoms with van der Waals surface area (Å²) in [4.78, 5) is 0. The van der Waals surface area contributed by atoms with Crippen molar-refractivity contribution in [2.45, 2.75) is 18.9 Å². The normalized spacial score (nSPS) is 12.5. The van der Waals surface area contributed by atoms with Gasteiger partial charge in [-0.15, -0.1) is 0 Å². The lowest BCUT2D eigenvalue weighted by atomic mass is 10.3. The van der Waals surface area contributed by atoms with Crippen LogP contribution in [0, 0.1) is 0 Å². The van der Waals surface area contributed by atoms with E-state index in [2.05, 4.69) is 11.5 Å². The highest BCUT2D eigenvalue weighted by atomic mass is 32.2. The number of halogens is 3. The van der Waals surface area contributed by atoms with Crippen LogP contribution in [0.25, 0.3) is 0 Å². The maximum absolute atomic E-state index is 10.7. The summed E-state index contributed by atoms with van der Waals surface area (Å²) in [6.45, 7) is 2.11. The van der Waals surface area contributed by atoms with Gasteiger partial charge in [0, 0.05) is 33.8 Å². The minimum Gasteiger partial charge on any atom is -0.741 e. The van der Waals surface area contributed by atoms with E-state index in [1.807, 2.05) is 25.4 Å². The number of hydrogen-bond acceptors (Lipinski definition) is 6. The molecule has 0 aliphatic heterocycles. The van der Waals surface area contributed by atoms with Crippen molar-refractivity contribution in [1.82, 2.24) is 0 Å². The fraction of sp³-hybridized carbons (Fsp3) is 0.583. The van der Waals surface area contributed by atoms with Crippen molar-refractivity contribution in [3.8, 4) is 0 Å². The van der Waals surface area contributed by atoms with Gasteiger partial charge < -0.3 is 17.8 Å². The number of pyridine rings is 1. The summed E-state index contributed by atoms with van der Waals surface area (Å²) in [5, 5.41) is 1.03. The van der Waals surface area contributed by atoms with E-state index in [9.17, 15) is 13.2 Å². The molecule has 12 heteroatoms. The van der Waals surface area contributed by atoms with Gasteiger partial charge in [-0.3, -0.25) is 0 Å². The summed E-state index contributed by atoms with van der Waals surface area (Å²) in [7, 11) is -1.89. The number of nitrogens with zero attached hydrogens (tertiary/aromatic N) is 1. The van der Waals surface area contributed by atoms with Gasteiger partial charge >= 0.3 is 14.3 Å². The van der Waals surface area contributed by atoms with Crippen molar-refractivity contribution < 1.29 is 44.0 Å². The van der Waals surface area contributed by atoms with Crippen LogP contribution in [0.15, 0.2) is 18.3 Å². The molecule has 0 aliphatic rings. The summed E-state index contributed by atoms with van der Waals surface area (Å²) in [5.74, 6) is 0. The minimum atomic E-state index is -6.09. The largest absolute Gasteiger partial charge is 0.741 e. The molecular formula is C12H20F3NO6SSi. The van der Waals surface area contributed by atoms with Gasteiger partial charge in [0.2, 0.25) is 0 Å². The molecule has 0 spiro atoms. The highest BCUT2D eigenvalue weighted by Crippen LogP contribution is 2.20. The topological polar surface area (TPSA) is 88.8 Å². The molecule has 1 aromatic heterocycles. The summed E-state index contributed by atoms with van der Waals surface area (Å²) in [5.41, 5.74) is -4.47. The summed E-state index contributed by atoms with van der Waals surface area (Å²) >= 11 is 0. The maximum Gasteiger partial charge on any atom is 0.542 e. The first kappa shape index (κ1) is 22.9. The maximum atomic E-state index is 10.7. The molecule has 0 unspecified atom stereocenters. The number of aromatic nitrogens is 1. The van der Waals surface area contributed by atoms with Crippen molar-refractivity contribution in [1.29, 1.82) is 0 Å². The van der Waals surface area contributed by atoms with Crippen molar-refractivity contribution in [3.05, 3.63) is 24.0 Å². The second-order valence-corrected chi connectivity index (χ2v) is 8.65. The quantitative estimate of drug-likeness (QED) is 0.309. The van der Waals surface area contributed by atoms with Crippen LogP contribution >= 0.6 is 0 Å². The third kappa shape index (κ3) is 5.49. The van der Waals surface area contributed by atoms with Crippen LogP contribution in [0.5, 0.6) is 0 Å². The van der Waals surface area contributed by atoms with Gasteiger partial charge in [-0.1, -0.05) is 6.92 Å². The van der Waals surface area contributed by atoms with Gasteiger partial charge in [-0.2, -0.15) is 13.2 Å². The molecule has 0 bridgehead atoms. The van der Waals surface area contributed by atoms with Crippen LogP contribution in [-0.2, 0) is 36.9 Å². The van der Waals surface area contributed by atoms with Gasteiger partial charge in [0.05, 0.1) is 5.19 Å². The average molecular weight is 391 g/mol. The summed E-state index contributed by atoms with van der Waals surface area (Å²) in [6, 6.07) is 3.99. The van der Waals surface area contributed by atoms with Crippen molar-refractivity contribution >= 4 is 24.1 Å². The lowest BCUT2D eigenvalue weighted by molar-refractivity contribution is -0.678. The van der Waals surface area contributed by atoms with E-state index in [1.54, 1.807) is 21.3 Å². The highest BCUT2D eigenvalue weighted by Gasteiger charge is 2.45. The number of rotatable bonds is 5. The fourth-order valence-corrected chi connectivity index (χ4v) is 4.11. The van der Waals surface area contributed by atoms with Crippen LogP contribution < -0.4 is 9.75 Å². The first-order chi connectivity index (χ1) is 10.9. The zero-order chi connectivity index (χ0) is 19.2. The van der Waals surface area contributed by atoms with Crippen molar-refractivity contribution in [2.24, 2.45) is 7.05 Å². The van der Waals surface area contributed by atoms with Crippen LogP contribution in [0.1, 0.15) is 12.6 Å². The predicted octanol–water partition coefficient (Wildman–Crippen LogP) is 0.210. The van der Waals surface area contributed by atoms with Crippen LogP contribution in [0.4, 0.5) is 13.2 Å². The molecule has 1 rings (SSSR count). The van der Waals surface area contributed by atoms with E-state index >= 15 is 0 Å². The standard InChI is InChI=1S/C11H20NO3Si.CHF3O3S/c1-6-10-11(8-7-9-12(10)2)16(13-3,14-4)15-5;2-1(3,4)8(5,6)7/h7-9H,6H2,1-5H3;(H,5,6,7)/q+1;/p-1. The monoisotopic (exact) mass is 391 g/mol. The SMILES string of the molecule is CCc1c([Si](OC)(OC)OC)ccc[n+]1C.O=S(=O)([O-])C(F)(F)F. The molecule has 0 radical (unpaired) electrons. The molecule has 1 aromatic rings. The Balaban J connectivity index is 0.000000561. The molecule has 0 aromatic carbocycles. The molecular weight excluding hydrogens is 371 g/mol.